The summed E-state index contributed by atoms with van der Waals surface area (Å²) in [4.78, 5) is 2.53. The highest BCUT2D eigenvalue weighted by Gasteiger charge is 2.52. The van der Waals surface area contributed by atoms with Crippen LogP contribution in [0.2, 0.25) is 0 Å². The van der Waals surface area contributed by atoms with Crippen molar-refractivity contribution in [1.29, 1.82) is 0 Å². The van der Waals surface area contributed by atoms with Crippen molar-refractivity contribution in [3.8, 4) is 33.4 Å². The van der Waals surface area contributed by atoms with Gasteiger partial charge >= 0.3 is 0 Å². The number of rotatable bonds is 4. The molecule has 1 aromatic heterocycles. The van der Waals surface area contributed by atoms with Gasteiger partial charge in [-0.3, -0.25) is 0 Å². The van der Waals surface area contributed by atoms with Crippen molar-refractivity contribution in [1.82, 2.24) is 0 Å². The van der Waals surface area contributed by atoms with E-state index < -0.39 is 5.41 Å². The van der Waals surface area contributed by atoms with E-state index >= 15 is 0 Å². The lowest BCUT2D eigenvalue weighted by Crippen LogP contribution is -2.26. The van der Waals surface area contributed by atoms with E-state index in [1.54, 1.807) is 0 Å². The third-order valence-corrected chi connectivity index (χ3v) is 13.8. The van der Waals surface area contributed by atoms with E-state index in [-0.39, 0.29) is 5.41 Å². The molecule has 0 bridgehead atoms. The Labute approximate surface area is 343 Å². The number of hydrogen-bond donors (Lipinski definition) is 0. The van der Waals surface area contributed by atoms with Gasteiger partial charge in [-0.25, -0.2) is 0 Å². The van der Waals surface area contributed by atoms with E-state index in [0.717, 1.165) is 39.0 Å². The van der Waals surface area contributed by atoms with Crippen LogP contribution in [0.4, 0.5) is 17.1 Å². The molecule has 59 heavy (non-hydrogen) atoms. The van der Waals surface area contributed by atoms with Crippen LogP contribution in [-0.2, 0) is 10.8 Å². The number of hydrogen-bond acceptors (Lipinski definition) is 2. The summed E-state index contributed by atoms with van der Waals surface area (Å²) in [5, 5.41) is 2.21. The Morgan fingerprint density at radius 3 is 1.66 bits per heavy atom. The van der Waals surface area contributed by atoms with Gasteiger partial charge in [0.05, 0.1) is 22.2 Å². The van der Waals surface area contributed by atoms with E-state index in [2.05, 4.69) is 218 Å². The second kappa shape index (κ2) is 11.8. The van der Waals surface area contributed by atoms with Gasteiger partial charge < -0.3 is 9.32 Å². The lowest BCUT2D eigenvalue weighted by Gasteiger charge is -2.33. The number of nitrogens with zero attached hydrogens (tertiary/aromatic N) is 1. The van der Waals surface area contributed by atoms with Crippen LogP contribution in [-0.4, -0.2) is 0 Å². The first-order valence-corrected chi connectivity index (χ1v) is 20.6. The zero-order valence-electron chi connectivity index (χ0n) is 32.5. The molecule has 276 valence electrons. The van der Waals surface area contributed by atoms with Gasteiger partial charge in [0.2, 0.25) is 0 Å². The molecular weight excluding hydrogens is 715 g/mol. The van der Waals surface area contributed by atoms with Crippen molar-refractivity contribution < 1.29 is 4.42 Å². The average molecular weight is 752 g/mol. The quantitative estimate of drug-likeness (QED) is 0.178. The minimum atomic E-state index is -0.458. The Morgan fingerprint density at radius 2 is 0.915 bits per heavy atom. The predicted octanol–water partition coefficient (Wildman–Crippen LogP) is 14.7. The van der Waals surface area contributed by atoms with Crippen molar-refractivity contribution in [3.63, 3.8) is 0 Å². The Kier molecular flexibility index (Phi) is 6.54. The van der Waals surface area contributed by atoms with Gasteiger partial charge in [0.15, 0.2) is 0 Å². The molecule has 13 rings (SSSR count). The van der Waals surface area contributed by atoms with Gasteiger partial charge in [-0.15, -0.1) is 0 Å². The molecule has 0 fully saturated rings. The maximum atomic E-state index is 6.60. The zero-order chi connectivity index (χ0) is 38.9. The van der Waals surface area contributed by atoms with E-state index in [1.165, 1.54) is 72.3 Å². The summed E-state index contributed by atoms with van der Waals surface area (Å²) < 4.78 is 6.60. The first kappa shape index (κ1) is 32.6. The summed E-state index contributed by atoms with van der Waals surface area (Å²) in [6.45, 7) is 2.40. The number of para-hydroxylation sites is 1. The van der Waals surface area contributed by atoms with Crippen molar-refractivity contribution in [2.24, 2.45) is 0 Å². The van der Waals surface area contributed by atoms with Crippen LogP contribution in [0.25, 0.3) is 55.3 Å². The summed E-state index contributed by atoms with van der Waals surface area (Å²) in [6.07, 6.45) is 0. The minimum Gasteiger partial charge on any atom is -0.456 e. The molecule has 3 aliphatic carbocycles. The number of benzene rings is 9. The van der Waals surface area contributed by atoms with Crippen molar-refractivity contribution >= 4 is 39.0 Å². The Hall–Kier alpha value is -7.42. The molecule has 2 heteroatoms. The Morgan fingerprint density at radius 1 is 0.390 bits per heavy atom. The molecule has 9 aromatic carbocycles. The highest BCUT2D eigenvalue weighted by molar-refractivity contribution is 6.14. The molecule has 3 aliphatic rings. The number of anilines is 3. The highest BCUT2D eigenvalue weighted by Crippen LogP contribution is 2.65. The van der Waals surface area contributed by atoms with Crippen LogP contribution in [0.5, 0.6) is 0 Å². The monoisotopic (exact) mass is 751 g/mol. The maximum Gasteiger partial charge on any atom is 0.137 e. The van der Waals surface area contributed by atoms with Gasteiger partial charge in [-0.2, -0.15) is 0 Å². The lowest BCUT2D eigenvalue weighted by molar-refractivity contribution is 0.669. The molecule has 2 nitrogen and oxygen atoms in total. The highest BCUT2D eigenvalue weighted by atomic mass is 16.3. The maximum absolute atomic E-state index is 6.60. The molecule has 1 atom stereocenters. The molecule has 1 unspecified atom stereocenters. The van der Waals surface area contributed by atoms with E-state index in [0.29, 0.717) is 0 Å². The lowest BCUT2D eigenvalue weighted by atomic mass is 9.70. The van der Waals surface area contributed by atoms with Crippen molar-refractivity contribution in [2.45, 2.75) is 17.8 Å². The second-order valence-corrected chi connectivity index (χ2v) is 16.4. The van der Waals surface area contributed by atoms with Crippen LogP contribution in [0.1, 0.15) is 45.9 Å². The summed E-state index contributed by atoms with van der Waals surface area (Å²) in [5.41, 5.74) is 21.2. The molecule has 10 aromatic rings. The molecule has 0 radical (unpaired) electrons. The van der Waals surface area contributed by atoms with Crippen LogP contribution >= 0.6 is 0 Å². The SMILES string of the molecule is CC1(c2ccccc2)c2ccccc2-c2ccc(N(c3cccc4c3-c3ccccc3C43c4ccccc4-c4ccccc43)c3cccc4oc5ccccc5c34)cc21. The zero-order valence-corrected chi connectivity index (χ0v) is 32.5. The third-order valence-electron chi connectivity index (χ3n) is 13.8. The number of furan rings is 1. The summed E-state index contributed by atoms with van der Waals surface area (Å²) in [6, 6.07) is 76.3. The van der Waals surface area contributed by atoms with Crippen LogP contribution < -0.4 is 4.90 Å². The van der Waals surface area contributed by atoms with Crippen LogP contribution in [0.15, 0.2) is 211 Å². The fraction of sp³-hybridized carbons (Fsp3) is 0.0526. The Bertz CT molecular complexity index is 3330. The second-order valence-electron chi connectivity index (χ2n) is 16.4. The van der Waals surface area contributed by atoms with E-state index in [4.69, 9.17) is 4.42 Å². The molecule has 0 amide bonds. The van der Waals surface area contributed by atoms with Gasteiger partial charge in [0.25, 0.3) is 0 Å². The summed E-state index contributed by atoms with van der Waals surface area (Å²) >= 11 is 0. The Balaban J connectivity index is 1.14. The third kappa shape index (κ3) is 4.10. The largest absolute Gasteiger partial charge is 0.456 e. The van der Waals surface area contributed by atoms with Crippen LogP contribution in [0.3, 0.4) is 0 Å². The molecule has 0 saturated heterocycles. The first-order valence-electron chi connectivity index (χ1n) is 20.6. The van der Waals surface area contributed by atoms with Crippen molar-refractivity contribution in [3.05, 3.63) is 245 Å². The normalized spacial score (nSPS) is 16.1. The molecular formula is C57H37NO. The number of fused-ring (bicyclic) bond motifs is 16. The molecule has 0 N–H and O–H groups in total. The molecule has 0 saturated carbocycles. The standard InChI is InChI=1S/C57H37NO/c1-56(36-17-3-2-4-18-36)44-24-10-5-19-38(44)41-34-33-37(35-49(41)56)58(51-30-16-32-53-55(51)43-23-9-14-31-52(43)59-53)50-29-15-28-48-54(50)42-22-8-13-27-47(42)57(48)45-25-11-6-20-39(45)40-21-7-12-26-46(40)57/h2-35H,1H3. The van der Waals surface area contributed by atoms with Gasteiger partial charge in [-0.05, 0) is 110 Å². The average Bonchev–Trinajstić information content (AvgIpc) is 4.00. The fourth-order valence-corrected chi connectivity index (χ4v) is 11.4. The summed E-state index contributed by atoms with van der Waals surface area (Å²) in [7, 11) is 0. The molecule has 0 aliphatic heterocycles. The first-order chi connectivity index (χ1) is 29.2. The predicted molar refractivity (Wildman–Crippen MR) is 242 cm³/mol. The van der Waals surface area contributed by atoms with Crippen LogP contribution in [0, 0.1) is 0 Å². The molecule has 1 spiro atoms. The topological polar surface area (TPSA) is 16.4 Å². The van der Waals surface area contributed by atoms with E-state index in [9.17, 15) is 0 Å². The smallest absolute Gasteiger partial charge is 0.137 e. The van der Waals surface area contributed by atoms with Gasteiger partial charge in [-0.1, -0.05) is 170 Å². The minimum absolute atomic E-state index is 0.351. The summed E-state index contributed by atoms with van der Waals surface area (Å²) in [5.74, 6) is 0. The van der Waals surface area contributed by atoms with E-state index in [1.807, 2.05) is 0 Å². The van der Waals surface area contributed by atoms with Gasteiger partial charge in [0.1, 0.15) is 11.2 Å². The van der Waals surface area contributed by atoms with Gasteiger partial charge in [0, 0.05) is 22.1 Å². The van der Waals surface area contributed by atoms with Crippen molar-refractivity contribution in [2.75, 3.05) is 4.90 Å². The fourth-order valence-electron chi connectivity index (χ4n) is 11.4. The molecule has 1 heterocycles.